The Labute approximate surface area is 165 Å². The van der Waals surface area contributed by atoms with Crippen molar-refractivity contribution in [3.63, 3.8) is 0 Å². The highest BCUT2D eigenvalue weighted by atomic mass is 16.5. The molecule has 6 nitrogen and oxygen atoms in total. The van der Waals surface area contributed by atoms with Gasteiger partial charge in [0.1, 0.15) is 0 Å². The molecule has 0 aliphatic rings. The van der Waals surface area contributed by atoms with E-state index in [-0.39, 0.29) is 12.3 Å². The van der Waals surface area contributed by atoms with Crippen LogP contribution in [0.4, 0.5) is 0 Å². The van der Waals surface area contributed by atoms with Crippen molar-refractivity contribution >= 4 is 11.9 Å². The molecule has 0 heterocycles. The first-order valence-corrected chi connectivity index (χ1v) is 9.19. The number of benzene rings is 2. The minimum absolute atomic E-state index is 0.0465. The third kappa shape index (κ3) is 6.30. The van der Waals surface area contributed by atoms with Crippen LogP contribution in [-0.2, 0) is 22.4 Å². The molecule has 28 heavy (non-hydrogen) atoms. The van der Waals surface area contributed by atoms with Gasteiger partial charge in [-0.2, -0.15) is 0 Å². The summed E-state index contributed by atoms with van der Waals surface area (Å²) in [6, 6.07) is 13.3. The molecule has 1 amide bonds. The minimum Gasteiger partial charge on any atom is -0.493 e. The molecule has 0 saturated heterocycles. The molecule has 6 heteroatoms. The summed E-state index contributed by atoms with van der Waals surface area (Å²) in [6.07, 6.45) is 0.898. The molecule has 2 aromatic rings. The van der Waals surface area contributed by atoms with E-state index in [1.807, 2.05) is 49.4 Å². The smallest absolute Gasteiger partial charge is 0.307 e. The largest absolute Gasteiger partial charge is 0.493 e. The maximum absolute atomic E-state index is 12.2. The van der Waals surface area contributed by atoms with Gasteiger partial charge in [0.25, 0.3) is 0 Å². The Morgan fingerprint density at radius 3 is 2.25 bits per heavy atom. The maximum Gasteiger partial charge on any atom is 0.307 e. The van der Waals surface area contributed by atoms with Crippen LogP contribution in [0.25, 0.3) is 0 Å². The maximum atomic E-state index is 12.2. The number of ether oxygens (including phenoxy) is 2. The van der Waals surface area contributed by atoms with Gasteiger partial charge in [0, 0.05) is 13.0 Å². The molecule has 0 aromatic heterocycles. The van der Waals surface area contributed by atoms with Crippen LogP contribution in [-0.4, -0.2) is 37.7 Å². The number of rotatable bonds is 10. The van der Waals surface area contributed by atoms with E-state index in [0.29, 0.717) is 30.9 Å². The molecule has 2 rings (SSSR count). The molecular formula is C22H27NO5. The van der Waals surface area contributed by atoms with Gasteiger partial charge < -0.3 is 19.9 Å². The number of carbonyl (C=O) groups is 2. The summed E-state index contributed by atoms with van der Waals surface area (Å²) in [5, 5.41) is 12.2. The van der Waals surface area contributed by atoms with E-state index < -0.39 is 11.9 Å². The van der Waals surface area contributed by atoms with E-state index in [1.165, 1.54) is 0 Å². The van der Waals surface area contributed by atoms with Crippen molar-refractivity contribution < 1.29 is 24.2 Å². The van der Waals surface area contributed by atoms with E-state index in [0.717, 1.165) is 16.7 Å². The lowest BCUT2D eigenvalue weighted by atomic mass is 9.95. The lowest BCUT2D eigenvalue weighted by molar-refractivity contribution is -0.144. The van der Waals surface area contributed by atoms with Crippen molar-refractivity contribution in [3.05, 3.63) is 59.2 Å². The number of hydrogen-bond acceptors (Lipinski definition) is 4. The van der Waals surface area contributed by atoms with Gasteiger partial charge in [0.2, 0.25) is 5.91 Å². The molecule has 2 N–H and O–H groups in total. The van der Waals surface area contributed by atoms with E-state index in [2.05, 4.69) is 5.32 Å². The lowest BCUT2D eigenvalue weighted by Gasteiger charge is -2.13. The molecule has 0 radical (unpaired) electrons. The Bertz CT molecular complexity index is 801. The van der Waals surface area contributed by atoms with Crippen LogP contribution in [0.5, 0.6) is 11.5 Å². The Kier molecular flexibility index (Phi) is 7.87. The predicted molar refractivity (Wildman–Crippen MR) is 107 cm³/mol. The number of carboxylic acids is 1. The Balaban J connectivity index is 1.86. The van der Waals surface area contributed by atoms with Crippen LogP contribution in [0, 0.1) is 12.8 Å². The number of carbonyl (C=O) groups excluding carboxylic acids is 1. The molecule has 0 saturated carbocycles. The molecule has 0 aliphatic heterocycles. The van der Waals surface area contributed by atoms with Crippen molar-refractivity contribution in [1.82, 2.24) is 5.32 Å². The molecule has 0 spiro atoms. The molecule has 0 unspecified atom stereocenters. The van der Waals surface area contributed by atoms with Gasteiger partial charge in [-0.25, -0.2) is 0 Å². The first-order valence-electron chi connectivity index (χ1n) is 9.19. The standard InChI is InChI=1S/C22H27NO5/c1-15-4-6-16(7-5-15)12-18(22(25)26)14-21(24)23-11-10-17-8-9-19(27-2)20(13-17)28-3/h4-9,13,18H,10-12,14H2,1-3H3,(H,23,24)(H,25,26)/t18-/m0/s1. The Hall–Kier alpha value is -3.02. The zero-order chi connectivity index (χ0) is 20.5. The number of nitrogens with one attached hydrogen (secondary N) is 1. The lowest BCUT2D eigenvalue weighted by Crippen LogP contribution is -2.30. The number of hydrogen-bond donors (Lipinski definition) is 2. The van der Waals surface area contributed by atoms with E-state index in [9.17, 15) is 14.7 Å². The molecule has 1 atom stereocenters. The Morgan fingerprint density at radius 2 is 1.64 bits per heavy atom. The fourth-order valence-electron chi connectivity index (χ4n) is 2.93. The van der Waals surface area contributed by atoms with Gasteiger partial charge in [-0.3, -0.25) is 9.59 Å². The second-order valence-electron chi connectivity index (χ2n) is 6.72. The quantitative estimate of drug-likeness (QED) is 0.657. The highest BCUT2D eigenvalue weighted by Crippen LogP contribution is 2.27. The fourth-order valence-corrected chi connectivity index (χ4v) is 2.93. The molecule has 0 aliphatic carbocycles. The highest BCUT2D eigenvalue weighted by molar-refractivity contribution is 5.82. The molecule has 0 bridgehead atoms. The average molecular weight is 385 g/mol. The monoisotopic (exact) mass is 385 g/mol. The highest BCUT2D eigenvalue weighted by Gasteiger charge is 2.21. The number of carboxylic acid groups (broad SMARTS) is 1. The molecule has 0 fully saturated rings. The summed E-state index contributed by atoms with van der Waals surface area (Å²) in [7, 11) is 3.15. The van der Waals surface area contributed by atoms with E-state index in [4.69, 9.17) is 9.47 Å². The van der Waals surface area contributed by atoms with Crippen LogP contribution >= 0.6 is 0 Å². The predicted octanol–water partition coefficient (Wildman–Crippen LogP) is 3.00. The molecule has 2 aromatic carbocycles. The summed E-state index contributed by atoms with van der Waals surface area (Å²) < 4.78 is 10.5. The van der Waals surface area contributed by atoms with Gasteiger partial charge in [-0.05, 0) is 43.0 Å². The van der Waals surface area contributed by atoms with Gasteiger partial charge in [0.15, 0.2) is 11.5 Å². The first kappa shape index (κ1) is 21.3. The number of aryl methyl sites for hydroxylation is 1. The van der Waals surface area contributed by atoms with Crippen LogP contribution in [0.1, 0.15) is 23.1 Å². The zero-order valence-electron chi connectivity index (χ0n) is 16.5. The minimum atomic E-state index is -0.962. The first-order chi connectivity index (χ1) is 13.4. The summed E-state index contributed by atoms with van der Waals surface area (Å²) in [5.74, 6) is -0.689. The van der Waals surface area contributed by atoms with Gasteiger partial charge >= 0.3 is 5.97 Å². The van der Waals surface area contributed by atoms with Crippen LogP contribution < -0.4 is 14.8 Å². The van der Waals surface area contributed by atoms with E-state index >= 15 is 0 Å². The van der Waals surface area contributed by atoms with E-state index in [1.54, 1.807) is 14.2 Å². The van der Waals surface area contributed by atoms with Crippen LogP contribution in [0.15, 0.2) is 42.5 Å². The summed E-state index contributed by atoms with van der Waals surface area (Å²) in [4.78, 5) is 23.7. The summed E-state index contributed by atoms with van der Waals surface area (Å²) in [6.45, 7) is 2.40. The second kappa shape index (κ2) is 10.3. The second-order valence-corrected chi connectivity index (χ2v) is 6.72. The summed E-state index contributed by atoms with van der Waals surface area (Å²) >= 11 is 0. The third-order valence-electron chi connectivity index (χ3n) is 4.57. The van der Waals surface area contributed by atoms with Crippen molar-refractivity contribution in [2.24, 2.45) is 5.92 Å². The number of amides is 1. The van der Waals surface area contributed by atoms with Crippen molar-refractivity contribution in [2.75, 3.05) is 20.8 Å². The third-order valence-corrected chi connectivity index (χ3v) is 4.57. The average Bonchev–Trinajstić information content (AvgIpc) is 2.68. The van der Waals surface area contributed by atoms with Crippen molar-refractivity contribution in [1.29, 1.82) is 0 Å². The SMILES string of the molecule is COc1ccc(CCNC(=O)C[C@H](Cc2ccc(C)cc2)C(=O)O)cc1OC. The topological polar surface area (TPSA) is 84.9 Å². The van der Waals surface area contributed by atoms with Gasteiger partial charge in [-0.15, -0.1) is 0 Å². The zero-order valence-corrected chi connectivity index (χ0v) is 16.5. The molecular weight excluding hydrogens is 358 g/mol. The fraction of sp³-hybridized carbons (Fsp3) is 0.364. The number of aliphatic carboxylic acids is 1. The number of methoxy groups -OCH3 is 2. The van der Waals surface area contributed by atoms with Gasteiger partial charge in [0.05, 0.1) is 20.1 Å². The summed E-state index contributed by atoms with van der Waals surface area (Å²) in [5.41, 5.74) is 3.02. The van der Waals surface area contributed by atoms with Crippen LogP contribution in [0.3, 0.4) is 0 Å². The van der Waals surface area contributed by atoms with Crippen molar-refractivity contribution in [2.45, 2.75) is 26.2 Å². The normalized spacial score (nSPS) is 11.5. The molecule has 150 valence electrons. The van der Waals surface area contributed by atoms with Crippen LogP contribution in [0.2, 0.25) is 0 Å². The van der Waals surface area contributed by atoms with Gasteiger partial charge in [-0.1, -0.05) is 35.9 Å². The van der Waals surface area contributed by atoms with Crippen molar-refractivity contribution in [3.8, 4) is 11.5 Å². The Morgan fingerprint density at radius 1 is 1.00 bits per heavy atom.